The first kappa shape index (κ1) is 25.5. The van der Waals surface area contributed by atoms with Gasteiger partial charge in [-0.3, -0.25) is 4.99 Å². The number of nitrogens with one attached hydrogen (secondary N) is 2. The maximum atomic E-state index is 13.0. The third kappa shape index (κ3) is 7.43. The Morgan fingerprint density at radius 1 is 0.968 bits per heavy atom. The molecular weight excluding hydrogens is 530 g/mol. The Kier molecular flexibility index (Phi) is 10.2. The van der Waals surface area contributed by atoms with Gasteiger partial charge in [0.15, 0.2) is 5.96 Å². The molecule has 0 bridgehead atoms. The molecule has 0 aromatic heterocycles. The van der Waals surface area contributed by atoms with E-state index in [1.807, 2.05) is 12.1 Å². The van der Waals surface area contributed by atoms with Gasteiger partial charge in [-0.2, -0.15) is 4.31 Å². The Balaban J connectivity index is 0.00000341. The van der Waals surface area contributed by atoms with E-state index in [2.05, 4.69) is 15.6 Å². The van der Waals surface area contributed by atoms with Gasteiger partial charge in [0.2, 0.25) is 10.0 Å². The van der Waals surface area contributed by atoms with Crippen molar-refractivity contribution in [3.63, 3.8) is 0 Å². The van der Waals surface area contributed by atoms with Gasteiger partial charge in [-0.05, 0) is 54.7 Å². The fourth-order valence-corrected chi connectivity index (χ4v) is 4.93. The average Bonchev–Trinajstić information content (AvgIpc) is 2.78. The highest BCUT2D eigenvalue weighted by molar-refractivity contribution is 14.0. The van der Waals surface area contributed by atoms with Crippen molar-refractivity contribution in [2.75, 3.05) is 26.7 Å². The molecular formula is C22H30FIN4O2S. The molecule has 0 spiro atoms. The summed E-state index contributed by atoms with van der Waals surface area (Å²) < 4.78 is 40.0. The second kappa shape index (κ2) is 12.4. The zero-order valence-electron chi connectivity index (χ0n) is 17.7. The topological polar surface area (TPSA) is 73.8 Å². The number of benzene rings is 2. The van der Waals surface area contributed by atoms with E-state index in [1.54, 1.807) is 35.6 Å². The van der Waals surface area contributed by atoms with E-state index in [1.165, 1.54) is 12.1 Å². The first-order valence-electron chi connectivity index (χ1n) is 10.3. The minimum Gasteiger partial charge on any atom is -0.356 e. The molecule has 0 radical (unpaired) electrons. The van der Waals surface area contributed by atoms with Gasteiger partial charge in [0.05, 0.1) is 4.90 Å². The number of halogens is 2. The first-order valence-corrected chi connectivity index (χ1v) is 11.7. The lowest BCUT2D eigenvalue weighted by Crippen LogP contribution is -2.37. The number of rotatable bonds is 7. The number of piperidine rings is 1. The first-order chi connectivity index (χ1) is 14.5. The van der Waals surface area contributed by atoms with Crippen molar-refractivity contribution in [3.8, 4) is 0 Å². The SMILES string of the molecule is CN=C(NCCc1ccc(F)cc1)NCc1ccc(S(=O)(=O)N2CCCCC2)cc1.I. The molecule has 0 atom stereocenters. The van der Waals surface area contributed by atoms with Gasteiger partial charge >= 0.3 is 0 Å². The number of aliphatic imine (C=N–C) groups is 1. The number of hydrogen-bond acceptors (Lipinski definition) is 3. The predicted octanol–water partition coefficient (Wildman–Crippen LogP) is 3.53. The molecule has 31 heavy (non-hydrogen) atoms. The van der Waals surface area contributed by atoms with Crippen molar-refractivity contribution < 1.29 is 12.8 Å². The molecule has 2 aromatic rings. The van der Waals surface area contributed by atoms with Crippen molar-refractivity contribution in [1.82, 2.24) is 14.9 Å². The van der Waals surface area contributed by atoms with E-state index in [0.717, 1.165) is 36.8 Å². The molecule has 2 aromatic carbocycles. The summed E-state index contributed by atoms with van der Waals surface area (Å²) in [4.78, 5) is 4.54. The zero-order chi connectivity index (χ0) is 21.4. The summed E-state index contributed by atoms with van der Waals surface area (Å²) >= 11 is 0. The second-order valence-electron chi connectivity index (χ2n) is 7.34. The van der Waals surface area contributed by atoms with Gasteiger partial charge in [-0.25, -0.2) is 12.8 Å². The standard InChI is InChI=1S/C22H29FN4O2S.HI/c1-24-22(25-14-13-18-5-9-20(23)10-6-18)26-17-19-7-11-21(12-8-19)30(28,29)27-15-3-2-4-16-27;/h5-12H,2-4,13-17H2,1H3,(H2,24,25,26);1H. The van der Waals surface area contributed by atoms with Gasteiger partial charge in [0.1, 0.15) is 5.82 Å². The van der Waals surface area contributed by atoms with E-state index in [4.69, 9.17) is 0 Å². The lowest BCUT2D eigenvalue weighted by atomic mass is 10.1. The van der Waals surface area contributed by atoms with E-state index in [9.17, 15) is 12.8 Å². The van der Waals surface area contributed by atoms with E-state index in [0.29, 0.717) is 37.0 Å². The molecule has 1 heterocycles. The van der Waals surface area contributed by atoms with Gasteiger partial charge in [-0.15, -0.1) is 24.0 Å². The predicted molar refractivity (Wildman–Crippen MR) is 133 cm³/mol. The summed E-state index contributed by atoms with van der Waals surface area (Å²) in [5, 5.41) is 6.45. The van der Waals surface area contributed by atoms with Gasteiger partial charge in [-0.1, -0.05) is 30.7 Å². The minimum absolute atomic E-state index is 0. The van der Waals surface area contributed by atoms with Crippen molar-refractivity contribution in [3.05, 3.63) is 65.5 Å². The Morgan fingerprint density at radius 2 is 1.58 bits per heavy atom. The van der Waals surface area contributed by atoms with Crippen LogP contribution in [0.2, 0.25) is 0 Å². The molecule has 0 saturated carbocycles. The van der Waals surface area contributed by atoms with E-state index >= 15 is 0 Å². The highest BCUT2D eigenvalue weighted by Gasteiger charge is 2.25. The van der Waals surface area contributed by atoms with Crippen molar-refractivity contribution in [2.45, 2.75) is 37.1 Å². The third-order valence-corrected chi connectivity index (χ3v) is 7.09. The minimum atomic E-state index is -3.40. The maximum absolute atomic E-state index is 13.0. The second-order valence-corrected chi connectivity index (χ2v) is 9.28. The van der Waals surface area contributed by atoms with Gasteiger partial charge in [0, 0.05) is 33.2 Å². The molecule has 170 valence electrons. The third-order valence-electron chi connectivity index (χ3n) is 5.18. The van der Waals surface area contributed by atoms with Crippen LogP contribution in [-0.4, -0.2) is 45.4 Å². The fourth-order valence-electron chi connectivity index (χ4n) is 3.42. The summed E-state index contributed by atoms with van der Waals surface area (Å²) in [7, 11) is -1.71. The van der Waals surface area contributed by atoms with E-state index < -0.39 is 10.0 Å². The number of hydrogen-bond donors (Lipinski definition) is 2. The lowest BCUT2D eigenvalue weighted by molar-refractivity contribution is 0.346. The Labute approximate surface area is 201 Å². The molecule has 1 aliphatic heterocycles. The zero-order valence-corrected chi connectivity index (χ0v) is 20.8. The molecule has 0 unspecified atom stereocenters. The summed E-state index contributed by atoms with van der Waals surface area (Å²) in [6.45, 7) is 2.40. The normalized spacial score (nSPS) is 15.2. The van der Waals surface area contributed by atoms with Crippen LogP contribution in [0.15, 0.2) is 58.4 Å². The Bertz CT molecular complexity index is 944. The number of sulfonamides is 1. The van der Waals surface area contributed by atoms with Gasteiger partial charge < -0.3 is 10.6 Å². The molecule has 6 nitrogen and oxygen atoms in total. The number of nitrogens with zero attached hydrogens (tertiary/aromatic N) is 2. The van der Waals surface area contributed by atoms with Crippen LogP contribution < -0.4 is 10.6 Å². The largest absolute Gasteiger partial charge is 0.356 e. The summed E-state index contributed by atoms with van der Waals surface area (Å²) in [5.74, 6) is 0.418. The average molecular weight is 560 g/mol. The molecule has 1 saturated heterocycles. The van der Waals surface area contributed by atoms with Crippen molar-refractivity contribution >= 4 is 40.0 Å². The fraction of sp³-hybridized carbons (Fsp3) is 0.409. The Hall–Kier alpha value is -1.72. The van der Waals surface area contributed by atoms with E-state index in [-0.39, 0.29) is 29.8 Å². The maximum Gasteiger partial charge on any atom is 0.243 e. The van der Waals surface area contributed by atoms with Crippen LogP contribution in [0.4, 0.5) is 4.39 Å². The van der Waals surface area contributed by atoms with Crippen LogP contribution in [0.5, 0.6) is 0 Å². The summed E-state index contributed by atoms with van der Waals surface area (Å²) in [6.07, 6.45) is 3.70. The molecule has 1 fully saturated rings. The Morgan fingerprint density at radius 3 is 2.19 bits per heavy atom. The monoisotopic (exact) mass is 560 g/mol. The molecule has 0 aliphatic carbocycles. The van der Waals surface area contributed by atoms with Crippen LogP contribution in [0.25, 0.3) is 0 Å². The van der Waals surface area contributed by atoms with Crippen LogP contribution in [0, 0.1) is 5.82 Å². The highest BCUT2D eigenvalue weighted by Crippen LogP contribution is 2.20. The van der Waals surface area contributed by atoms with Crippen molar-refractivity contribution in [1.29, 1.82) is 0 Å². The molecule has 1 aliphatic rings. The summed E-state index contributed by atoms with van der Waals surface area (Å²) in [5.41, 5.74) is 2.01. The summed E-state index contributed by atoms with van der Waals surface area (Å²) in [6, 6.07) is 13.5. The van der Waals surface area contributed by atoms with Crippen LogP contribution in [0.1, 0.15) is 30.4 Å². The molecule has 3 rings (SSSR count). The molecule has 0 amide bonds. The highest BCUT2D eigenvalue weighted by atomic mass is 127. The van der Waals surface area contributed by atoms with Crippen LogP contribution in [-0.2, 0) is 23.0 Å². The van der Waals surface area contributed by atoms with Crippen LogP contribution >= 0.6 is 24.0 Å². The molecule has 9 heteroatoms. The van der Waals surface area contributed by atoms with Gasteiger partial charge in [0.25, 0.3) is 0 Å². The quantitative estimate of drug-likeness (QED) is 0.309. The molecule has 2 N–H and O–H groups in total. The number of guanidine groups is 1. The van der Waals surface area contributed by atoms with Crippen molar-refractivity contribution in [2.24, 2.45) is 4.99 Å². The van der Waals surface area contributed by atoms with Crippen LogP contribution in [0.3, 0.4) is 0 Å². The lowest BCUT2D eigenvalue weighted by Gasteiger charge is -2.25. The smallest absolute Gasteiger partial charge is 0.243 e.